The van der Waals surface area contributed by atoms with Crippen molar-refractivity contribution in [2.75, 3.05) is 0 Å². The fourth-order valence-corrected chi connectivity index (χ4v) is 25.9. The van der Waals surface area contributed by atoms with Crippen molar-refractivity contribution in [1.82, 2.24) is 0 Å². The Bertz CT molecular complexity index is 8740. The quantitative estimate of drug-likeness (QED) is 0.177. The van der Waals surface area contributed by atoms with Crippen LogP contribution in [0.4, 0.5) is 0 Å². The molecule has 0 aliphatic carbocycles. The molecule has 22 heteroatoms. The average molecular weight is 2350 g/mol. The lowest BCUT2D eigenvalue weighted by Gasteiger charge is -2.05. The van der Waals surface area contributed by atoms with Gasteiger partial charge in [-0.1, -0.05) is 314 Å². The zero-order chi connectivity index (χ0) is 89.3. The largest absolute Gasteiger partial charge is 0.456 e. The molecule has 8 aromatic heterocycles. The molecule has 0 aliphatic rings. The van der Waals surface area contributed by atoms with E-state index in [1.807, 2.05) is 205 Å². The van der Waals surface area contributed by atoms with Gasteiger partial charge in [-0.05, 0) is 240 Å². The molecular formula is C108H56Br7Cl7O4S4. The minimum absolute atomic E-state index is 0.638. The van der Waals surface area contributed by atoms with Gasteiger partial charge >= 0.3 is 0 Å². The van der Waals surface area contributed by atoms with Gasteiger partial charge in [-0.25, -0.2) is 0 Å². The minimum atomic E-state index is 0.638. The number of fused-ring (bicyclic) bond motifs is 24. The summed E-state index contributed by atoms with van der Waals surface area (Å²) in [6, 6.07) is 115. The highest BCUT2D eigenvalue weighted by Gasteiger charge is 2.20. The molecule has 130 heavy (non-hydrogen) atoms. The Hall–Kier alpha value is -8.57. The highest BCUT2D eigenvalue weighted by molar-refractivity contribution is 9.11. The summed E-state index contributed by atoms with van der Waals surface area (Å²) in [4.78, 5) is 0. The van der Waals surface area contributed by atoms with Crippen molar-refractivity contribution in [2.45, 2.75) is 0 Å². The van der Waals surface area contributed by atoms with E-state index in [0.717, 1.165) is 161 Å². The van der Waals surface area contributed by atoms with Crippen LogP contribution in [0.3, 0.4) is 0 Å². The van der Waals surface area contributed by atoms with Crippen molar-refractivity contribution in [3.63, 3.8) is 0 Å². The number of rotatable bonds is 3. The third kappa shape index (κ3) is 18.3. The number of halogens is 14. The summed E-state index contributed by atoms with van der Waals surface area (Å²) >= 11 is 75.1. The van der Waals surface area contributed by atoms with Gasteiger partial charge in [0.15, 0.2) is 5.58 Å². The van der Waals surface area contributed by atoms with E-state index in [1.165, 1.54) is 91.8 Å². The summed E-state index contributed by atoms with van der Waals surface area (Å²) in [5.41, 5.74) is 13.5. The number of hydrogen-bond acceptors (Lipinski definition) is 8. The van der Waals surface area contributed by atoms with Gasteiger partial charge in [-0.15, -0.1) is 45.3 Å². The molecule has 634 valence electrons. The van der Waals surface area contributed by atoms with Gasteiger partial charge in [0.25, 0.3) is 0 Å². The minimum Gasteiger partial charge on any atom is -0.456 e. The maximum absolute atomic E-state index is 6.42. The molecule has 26 rings (SSSR count). The van der Waals surface area contributed by atoms with Gasteiger partial charge in [0.05, 0.1) is 19.8 Å². The lowest BCUT2D eigenvalue weighted by Crippen LogP contribution is -1.79. The molecule has 8 heterocycles. The van der Waals surface area contributed by atoms with Gasteiger partial charge in [0.1, 0.15) is 39.1 Å². The molecule has 0 atom stereocenters. The molecule has 0 amide bonds. The van der Waals surface area contributed by atoms with Crippen LogP contribution in [0.5, 0.6) is 0 Å². The standard InChI is InChI=1S/C24H12BrClS2.2C18H10BrClO.2C12H6BrClO.2C12H6BrClS/c25-19-10-14(11-23-24(19)18-12-15(26)6-8-22(18)28-23)13-5-7-21-17(9-13)16-3-1-2-4-20(16)27-21;19-13-6-7-14-15-8-12(11-4-2-1-3-5-11)9-16(20)18(15)21-17(14)10-13;19-12-6-7-14-16-10-13(20)9-15(11-4-2-1-3-5-11)18(16)21-17(14)8-12;13-7-1-3-9-10-4-2-8(14)6-12(10)15-11(9)5-7;13-7-4-5-8-11(6-7)15-10-3-1-2-9(14)12(8)10;13-8-4-2-6-10-11(8)7-3-1-5-9(14)12(7)15-10;13-9-2-1-3-10-12(9)8-5-4-7(14)6-11(8)15-10/h1-12H;2*1-10H;4*1-6H. The fourth-order valence-electron chi connectivity index (χ4n) is 16.2. The Labute approximate surface area is 853 Å². The van der Waals surface area contributed by atoms with Crippen molar-refractivity contribution in [2.24, 2.45) is 0 Å². The molecule has 0 fully saturated rings. The number of benzene rings is 18. The fraction of sp³-hybridized carbons (Fsp3) is 0. The van der Waals surface area contributed by atoms with Crippen LogP contribution in [-0.2, 0) is 0 Å². The van der Waals surface area contributed by atoms with Crippen molar-refractivity contribution in [3.05, 3.63) is 406 Å². The first-order valence-corrected chi connectivity index (χ1v) is 51.6. The van der Waals surface area contributed by atoms with Gasteiger partial charge in [0.2, 0.25) is 0 Å². The Balaban J connectivity index is 0.0000000962. The maximum Gasteiger partial charge on any atom is 0.154 e. The van der Waals surface area contributed by atoms with Crippen LogP contribution in [0.1, 0.15) is 0 Å². The lowest BCUT2D eigenvalue weighted by atomic mass is 10.0. The topological polar surface area (TPSA) is 52.6 Å². The molecule has 18 aromatic carbocycles. The third-order valence-corrected chi connectivity index (χ3v) is 32.5. The first-order valence-electron chi connectivity index (χ1n) is 40.2. The van der Waals surface area contributed by atoms with Crippen LogP contribution in [0.25, 0.3) is 202 Å². The summed E-state index contributed by atoms with van der Waals surface area (Å²) in [6.45, 7) is 0. The summed E-state index contributed by atoms with van der Waals surface area (Å²) < 4.78 is 41.0. The summed E-state index contributed by atoms with van der Waals surface area (Å²) in [7, 11) is 0. The molecule has 0 saturated carbocycles. The second kappa shape index (κ2) is 38.4. The summed E-state index contributed by atoms with van der Waals surface area (Å²) in [5.74, 6) is 0. The normalized spacial score (nSPS) is 11.5. The van der Waals surface area contributed by atoms with Crippen molar-refractivity contribution in [3.8, 4) is 33.4 Å². The molecule has 0 radical (unpaired) electrons. The molecule has 0 bridgehead atoms. The predicted molar refractivity (Wildman–Crippen MR) is 591 cm³/mol. The van der Waals surface area contributed by atoms with Crippen LogP contribution in [0, 0.1) is 0 Å². The monoisotopic (exact) mass is 2340 g/mol. The second-order valence-electron chi connectivity index (χ2n) is 30.2. The Morgan fingerprint density at radius 1 is 0.192 bits per heavy atom. The number of hydrogen-bond donors (Lipinski definition) is 0. The molecule has 0 aliphatic heterocycles. The van der Waals surface area contributed by atoms with Crippen molar-refractivity contribution < 1.29 is 17.7 Å². The van der Waals surface area contributed by atoms with Gasteiger partial charge in [-0.2, -0.15) is 0 Å². The van der Waals surface area contributed by atoms with E-state index < -0.39 is 0 Å². The molecule has 0 N–H and O–H groups in total. The SMILES string of the molecule is Clc1cc(-c2ccccc2)c2oc3cc(Br)ccc3c2c1.Clc1cc(-c2ccccc2)cc2c1oc1cc(Br)ccc12.Clc1ccc2c(c1)oc1cc(Br)ccc12.Clc1ccc2c(c1)sc1cccc(Br)c12.Clc1ccc2sc3cc(-c4ccc5sc6ccccc6c5c4)cc(Br)c3c2c1.Clc1cccc2c1sc1cccc(Br)c12.Clc1cccc2oc3cc(Br)ccc3c12. The van der Waals surface area contributed by atoms with Crippen molar-refractivity contribution >= 4 is 407 Å². The summed E-state index contributed by atoms with van der Waals surface area (Å²) in [5, 5.41) is 23.9. The van der Waals surface area contributed by atoms with E-state index in [-0.39, 0.29) is 0 Å². The maximum atomic E-state index is 6.42. The average Bonchev–Trinajstić information content (AvgIpc) is 1.61. The zero-order valence-electron chi connectivity index (χ0n) is 66.9. The number of furan rings is 4. The van der Waals surface area contributed by atoms with Crippen molar-refractivity contribution in [1.29, 1.82) is 0 Å². The predicted octanol–water partition coefficient (Wildman–Crippen LogP) is 43.8. The molecule has 26 aromatic rings. The van der Waals surface area contributed by atoms with Crippen LogP contribution >= 0.6 is 238 Å². The Morgan fingerprint density at radius 2 is 0.646 bits per heavy atom. The molecule has 0 unspecified atom stereocenters. The van der Waals surface area contributed by atoms with E-state index in [9.17, 15) is 0 Å². The molecular weight excluding hydrogens is 2300 g/mol. The Morgan fingerprint density at radius 3 is 1.35 bits per heavy atom. The van der Waals surface area contributed by atoms with E-state index in [1.54, 1.807) is 22.7 Å². The third-order valence-electron chi connectivity index (χ3n) is 22.0. The smallest absolute Gasteiger partial charge is 0.154 e. The van der Waals surface area contributed by atoms with E-state index in [4.69, 9.17) is 98.9 Å². The number of thiophene rings is 4. The van der Waals surface area contributed by atoms with Gasteiger partial charge < -0.3 is 17.7 Å². The van der Waals surface area contributed by atoms with Crippen LogP contribution in [0.2, 0.25) is 35.2 Å². The first-order chi connectivity index (χ1) is 63.1. The van der Waals surface area contributed by atoms with Gasteiger partial charge in [0, 0.05) is 182 Å². The van der Waals surface area contributed by atoms with E-state index in [2.05, 4.69) is 269 Å². The van der Waals surface area contributed by atoms with Crippen LogP contribution in [-0.4, -0.2) is 0 Å². The Kier molecular flexibility index (Phi) is 26.4. The molecule has 0 spiro atoms. The first kappa shape index (κ1) is 89.3. The highest BCUT2D eigenvalue weighted by Crippen LogP contribution is 2.48. The van der Waals surface area contributed by atoms with Gasteiger partial charge in [-0.3, -0.25) is 0 Å². The van der Waals surface area contributed by atoms with Crippen LogP contribution < -0.4 is 0 Å². The van der Waals surface area contributed by atoms with E-state index >= 15 is 0 Å². The highest BCUT2D eigenvalue weighted by atomic mass is 79.9. The second-order valence-corrected chi connectivity index (χ2v) is 43.7. The van der Waals surface area contributed by atoms with Crippen LogP contribution in [0.15, 0.2) is 389 Å². The summed E-state index contributed by atoms with van der Waals surface area (Å²) in [6.07, 6.45) is 0. The zero-order valence-corrected chi connectivity index (χ0v) is 86.5. The lowest BCUT2D eigenvalue weighted by molar-refractivity contribution is 0.668. The molecule has 0 saturated heterocycles. The van der Waals surface area contributed by atoms with E-state index in [0.29, 0.717) is 15.1 Å². The molecule has 4 nitrogen and oxygen atoms in total.